The van der Waals surface area contributed by atoms with Crippen LogP contribution in [0.1, 0.15) is 32.4 Å². The Morgan fingerprint density at radius 1 is 1.19 bits per heavy atom. The van der Waals surface area contributed by atoms with Gasteiger partial charge in [-0.15, -0.1) is 0 Å². The summed E-state index contributed by atoms with van der Waals surface area (Å²) in [5.74, 6) is 0.0691. The van der Waals surface area contributed by atoms with Crippen molar-refractivity contribution in [2.45, 2.75) is 31.7 Å². The summed E-state index contributed by atoms with van der Waals surface area (Å²) in [6, 6.07) is 6.72. The number of hydrogen-bond acceptors (Lipinski definition) is 4. The molecule has 1 unspecified atom stereocenters. The van der Waals surface area contributed by atoms with Gasteiger partial charge in [0.15, 0.2) is 9.84 Å². The Morgan fingerprint density at radius 2 is 1.71 bits per heavy atom. The number of hydrogen-bond donors (Lipinski definition) is 1. The molecule has 1 N–H and O–H groups in total. The summed E-state index contributed by atoms with van der Waals surface area (Å²) < 4.78 is 22.8. The fourth-order valence-corrected chi connectivity index (χ4v) is 2.68. The average molecular weight is 312 g/mol. The molecule has 0 heterocycles. The molecule has 0 aliphatic heterocycles. The number of likely N-dealkylation sites (N-methyl/N-ethyl adjacent to an activating group) is 1. The van der Waals surface area contributed by atoms with Crippen LogP contribution in [0.4, 0.5) is 0 Å². The Kier molecular flexibility index (Phi) is 6.36. The molecule has 6 heteroatoms. The first-order valence-electron chi connectivity index (χ1n) is 7.10. The molecule has 0 aromatic heterocycles. The van der Waals surface area contributed by atoms with Gasteiger partial charge in [-0.05, 0) is 38.5 Å². The van der Waals surface area contributed by atoms with Crippen molar-refractivity contribution in [1.82, 2.24) is 10.2 Å². The monoisotopic (exact) mass is 312 g/mol. The van der Waals surface area contributed by atoms with Crippen molar-refractivity contribution in [2.24, 2.45) is 0 Å². The van der Waals surface area contributed by atoms with Crippen LogP contribution in [0.3, 0.4) is 0 Å². The van der Waals surface area contributed by atoms with Crippen LogP contribution in [0.25, 0.3) is 0 Å². The minimum Gasteiger partial charge on any atom is -0.342 e. The molecule has 118 valence electrons. The predicted octanol–water partition coefficient (Wildman–Crippen LogP) is 1.61. The van der Waals surface area contributed by atoms with Crippen LogP contribution >= 0.6 is 0 Å². The molecule has 1 aromatic carbocycles. The molecule has 0 radical (unpaired) electrons. The van der Waals surface area contributed by atoms with Gasteiger partial charge in [0.25, 0.3) is 0 Å². The molecule has 1 aromatic rings. The largest absolute Gasteiger partial charge is 0.342 e. The molecule has 0 fully saturated rings. The van der Waals surface area contributed by atoms with Crippen molar-refractivity contribution >= 4 is 15.7 Å². The lowest BCUT2D eigenvalue weighted by atomic mass is 10.1. The third-order valence-corrected chi connectivity index (χ3v) is 4.61. The Bertz CT molecular complexity index is 563. The van der Waals surface area contributed by atoms with Crippen LogP contribution in [-0.4, -0.2) is 45.1 Å². The quantitative estimate of drug-likeness (QED) is 0.830. The van der Waals surface area contributed by atoms with E-state index in [0.29, 0.717) is 18.0 Å². The van der Waals surface area contributed by atoms with Crippen LogP contribution < -0.4 is 5.32 Å². The summed E-state index contributed by atoms with van der Waals surface area (Å²) in [5, 5.41) is 3.17. The molecule has 0 bridgehead atoms. The van der Waals surface area contributed by atoms with E-state index in [4.69, 9.17) is 0 Å². The molecule has 0 spiro atoms. The predicted molar refractivity (Wildman–Crippen MR) is 83.9 cm³/mol. The first kappa shape index (κ1) is 17.7. The normalized spacial score (nSPS) is 13.0. The van der Waals surface area contributed by atoms with E-state index in [1.807, 2.05) is 20.8 Å². The number of carbonyl (C=O) groups is 1. The van der Waals surface area contributed by atoms with Crippen molar-refractivity contribution in [2.75, 3.05) is 25.9 Å². The SMILES string of the molecule is CCN(CC)C(=O)CNC(C)c1ccc(S(C)(=O)=O)cc1. The highest BCUT2D eigenvalue weighted by molar-refractivity contribution is 7.90. The van der Waals surface area contributed by atoms with Crippen molar-refractivity contribution in [3.63, 3.8) is 0 Å². The molecule has 5 nitrogen and oxygen atoms in total. The highest BCUT2D eigenvalue weighted by Gasteiger charge is 2.13. The third-order valence-electron chi connectivity index (χ3n) is 3.48. The summed E-state index contributed by atoms with van der Waals surface area (Å²) in [5.41, 5.74) is 0.953. The van der Waals surface area contributed by atoms with E-state index in [1.165, 1.54) is 6.26 Å². The zero-order valence-electron chi connectivity index (χ0n) is 13.1. The van der Waals surface area contributed by atoms with E-state index in [2.05, 4.69) is 5.32 Å². The van der Waals surface area contributed by atoms with Gasteiger partial charge in [0.2, 0.25) is 5.91 Å². The summed E-state index contributed by atoms with van der Waals surface area (Å²) in [6.07, 6.45) is 1.19. The van der Waals surface area contributed by atoms with Crippen LogP contribution in [0.15, 0.2) is 29.2 Å². The Labute approximate surface area is 127 Å². The maximum atomic E-state index is 11.9. The molecule has 0 aliphatic carbocycles. The Balaban J connectivity index is 2.64. The zero-order chi connectivity index (χ0) is 16.0. The molecular weight excluding hydrogens is 288 g/mol. The van der Waals surface area contributed by atoms with E-state index in [9.17, 15) is 13.2 Å². The van der Waals surface area contributed by atoms with E-state index < -0.39 is 9.84 Å². The van der Waals surface area contributed by atoms with Gasteiger partial charge >= 0.3 is 0 Å². The second-order valence-electron chi connectivity index (χ2n) is 5.01. The molecule has 1 amide bonds. The van der Waals surface area contributed by atoms with E-state index in [0.717, 1.165) is 5.56 Å². The number of carbonyl (C=O) groups excluding carboxylic acids is 1. The summed E-state index contributed by atoms with van der Waals surface area (Å²) in [4.78, 5) is 14.0. The third kappa shape index (κ3) is 5.13. The Hall–Kier alpha value is -1.40. The number of amides is 1. The molecule has 0 aliphatic rings. The summed E-state index contributed by atoms with van der Waals surface area (Å²) in [7, 11) is -3.17. The minimum absolute atomic E-state index is 0.0156. The molecule has 1 rings (SSSR count). The second kappa shape index (κ2) is 7.56. The van der Waals surface area contributed by atoms with Crippen molar-refractivity contribution in [1.29, 1.82) is 0 Å². The maximum absolute atomic E-state index is 11.9. The van der Waals surface area contributed by atoms with Gasteiger partial charge in [0, 0.05) is 25.4 Å². The first-order valence-corrected chi connectivity index (χ1v) is 8.99. The van der Waals surface area contributed by atoms with E-state index in [-0.39, 0.29) is 18.5 Å². The molecule has 0 saturated carbocycles. The van der Waals surface area contributed by atoms with Gasteiger partial charge in [-0.2, -0.15) is 0 Å². The van der Waals surface area contributed by atoms with Gasteiger partial charge in [-0.3, -0.25) is 4.79 Å². The second-order valence-corrected chi connectivity index (χ2v) is 7.03. The van der Waals surface area contributed by atoms with Crippen molar-refractivity contribution in [3.05, 3.63) is 29.8 Å². The van der Waals surface area contributed by atoms with Crippen molar-refractivity contribution in [3.8, 4) is 0 Å². The highest BCUT2D eigenvalue weighted by atomic mass is 32.2. The number of sulfone groups is 1. The standard InChI is InChI=1S/C15H24N2O3S/c1-5-17(6-2)15(18)11-16-12(3)13-7-9-14(10-8-13)21(4,19)20/h7-10,12,16H,5-6,11H2,1-4H3. The van der Waals surface area contributed by atoms with Gasteiger partial charge in [0.1, 0.15) is 0 Å². The first-order chi connectivity index (χ1) is 9.79. The number of rotatable bonds is 7. The van der Waals surface area contributed by atoms with Crippen molar-refractivity contribution < 1.29 is 13.2 Å². The lowest BCUT2D eigenvalue weighted by Crippen LogP contribution is -2.38. The molecule has 0 saturated heterocycles. The number of benzene rings is 1. The van der Waals surface area contributed by atoms with Gasteiger partial charge in [0.05, 0.1) is 11.4 Å². The fraction of sp³-hybridized carbons (Fsp3) is 0.533. The summed E-state index contributed by atoms with van der Waals surface area (Å²) >= 11 is 0. The maximum Gasteiger partial charge on any atom is 0.236 e. The van der Waals surface area contributed by atoms with Gasteiger partial charge in [-0.25, -0.2) is 8.42 Å². The minimum atomic E-state index is -3.17. The topological polar surface area (TPSA) is 66.5 Å². The van der Waals surface area contributed by atoms with Gasteiger partial charge < -0.3 is 10.2 Å². The zero-order valence-corrected chi connectivity index (χ0v) is 13.9. The lowest BCUT2D eigenvalue weighted by Gasteiger charge is -2.21. The lowest BCUT2D eigenvalue weighted by molar-refractivity contribution is -0.129. The van der Waals surface area contributed by atoms with E-state index >= 15 is 0 Å². The number of nitrogens with zero attached hydrogens (tertiary/aromatic N) is 1. The highest BCUT2D eigenvalue weighted by Crippen LogP contribution is 2.16. The summed E-state index contributed by atoms with van der Waals surface area (Å²) in [6.45, 7) is 7.54. The van der Waals surface area contributed by atoms with Gasteiger partial charge in [-0.1, -0.05) is 12.1 Å². The van der Waals surface area contributed by atoms with Crippen LogP contribution in [-0.2, 0) is 14.6 Å². The molecule has 1 atom stereocenters. The average Bonchev–Trinajstić information content (AvgIpc) is 2.45. The molecule has 21 heavy (non-hydrogen) atoms. The number of nitrogens with one attached hydrogen (secondary N) is 1. The van der Waals surface area contributed by atoms with E-state index in [1.54, 1.807) is 29.2 Å². The van der Waals surface area contributed by atoms with Crippen LogP contribution in [0, 0.1) is 0 Å². The fourth-order valence-electron chi connectivity index (χ4n) is 2.05. The smallest absolute Gasteiger partial charge is 0.236 e. The van der Waals surface area contributed by atoms with Crippen LogP contribution in [0.5, 0.6) is 0 Å². The Morgan fingerprint density at radius 3 is 2.14 bits per heavy atom. The molecular formula is C15H24N2O3S. The van der Waals surface area contributed by atoms with Crippen LogP contribution in [0.2, 0.25) is 0 Å².